The average molecular weight is 292 g/mol. The van der Waals surface area contributed by atoms with Gasteiger partial charge in [0.1, 0.15) is 6.04 Å². The lowest BCUT2D eigenvalue weighted by Gasteiger charge is -2.26. The van der Waals surface area contributed by atoms with Crippen LogP contribution in [-0.4, -0.2) is 53.0 Å². The van der Waals surface area contributed by atoms with Crippen molar-refractivity contribution in [1.82, 2.24) is 9.80 Å². The van der Waals surface area contributed by atoms with E-state index in [4.69, 9.17) is 0 Å². The number of hydrogen-bond donors (Lipinski definition) is 1. The third-order valence-electron chi connectivity index (χ3n) is 5.40. The minimum atomic E-state index is -0.764. The van der Waals surface area contributed by atoms with Gasteiger partial charge in [-0.05, 0) is 43.9 Å². The lowest BCUT2D eigenvalue weighted by molar-refractivity contribution is -0.144. The second-order valence-corrected chi connectivity index (χ2v) is 6.61. The Bertz CT molecular complexity index is 474. The van der Waals surface area contributed by atoms with Crippen molar-refractivity contribution in [1.29, 1.82) is 0 Å². The van der Waals surface area contributed by atoms with Gasteiger partial charge in [-0.25, -0.2) is 0 Å². The molecule has 5 nitrogen and oxygen atoms in total. The SMILES string of the molecule is CN(C(=O)CN1CC2CCCC2C1C(=O)O)C1=CCCC1. The molecular formula is C16H24N2O3. The highest BCUT2D eigenvalue weighted by Crippen LogP contribution is 2.42. The van der Waals surface area contributed by atoms with Gasteiger partial charge in [-0.1, -0.05) is 12.5 Å². The van der Waals surface area contributed by atoms with Crippen molar-refractivity contribution in [2.24, 2.45) is 11.8 Å². The summed E-state index contributed by atoms with van der Waals surface area (Å²) in [5.41, 5.74) is 1.09. The van der Waals surface area contributed by atoms with Crippen LogP contribution in [0.4, 0.5) is 0 Å². The number of amides is 1. The lowest BCUT2D eigenvalue weighted by Crippen LogP contribution is -2.45. The molecule has 2 fully saturated rings. The number of likely N-dealkylation sites (N-methyl/N-ethyl adjacent to an activating group) is 1. The van der Waals surface area contributed by atoms with Crippen molar-refractivity contribution in [3.63, 3.8) is 0 Å². The molecule has 0 bridgehead atoms. The number of rotatable bonds is 4. The van der Waals surface area contributed by atoms with Crippen LogP contribution < -0.4 is 0 Å². The first-order valence-electron chi connectivity index (χ1n) is 8.00. The van der Waals surface area contributed by atoms with E-state index in [1.165, 1.54) is 0 Å². The van der Waals surface area contributed by atoms with Crippen LogP contribution in [0.1, 0.15) is 38.5 Å². The molecule has 1 aliphatic heterocycles. The summed E-state index contributed by atoms with van der Waals surface area (Å²) >= 11 is 0. The Labute approximate surface area is 125 Å². The molecule has 1 saturated heterocycles. The third kappa shape index (κ3) is 2.71. The van der Waals surface area contributed by atoms with E-state index in [-0.39, 0.29) is 18.4 Å². The number of nitrogens with zero attached hydrogens (tertiary/aromatic N) is 2. The zero-order valence-corrected chi connectivity index (χ0v) is 12.6. The molecule has 0 aromatic rings. The molecule has 0 spiro atoms. The third-order valence-corrected chi connectivity index (χ3v) is 5.40. The van der Waals surface area contributed by atoms with Gasteiger partial charge in [-0.15, -0.1) is 0 Å². The number of aliphatic carboxylic acids is 1. The summed E-state index contributed by atoms with van der Waals surface area (Å²) < 4.78 is 0. The smallest absolute Gasteiger partial charge is 0.321 e. The molecule has 116 valence electrons. The predicted molar refractivity (Wildman–Crippen MR) is 78.5 cm³/mol. The molecular weight excluding hydrogens is 268 g/mol. The van der Waals surface area contributed by atoms with Crippen LogP contribution in [0.3, 0.4) is 0 Å². The van der Waals surface area contributed by atoms with Gasteiger partial charge >= 0.3 is 5.97 Å². The average Bonchev–Trinajstić information content (AvgIpc) is 3.13. The quantitative estimate of drug-likeness (QED) is 0.856. The topological polar surface area (TPSA) is 60.9 Å². The van der Waals surface area contributed by atoms with Gasteiger partial charge in [0.2, 0.25) is 5.91 Å². The van der Waals surface area contributed by atoms with E-state index in [1.54, 1.807) is 4.90 Å². The van der Waals surface area contributed by atoms with Crippen molar-refractivity contribution >= 4 is 11.9 Å². The number of carboxylic acid groups (broad SMARTS) is 1. The summed E-state index contributed by atoms with van der Waals surface area (Å²) in [5, 5.41) is 9.52. The molecule has 21 heavy (non-hydrogen) atoms. The largest absolute Gasteiger partial charge is 0.480 e. The van der Waals surface area contributed by atoms with Gasteiger partial charge in [0.25, 0.3) is 0 Å². The Balaban J connectivity index is 1.66. The Morgan fingerprint density at radius 3 is 2.86 bits per heavy atom. The van der Waals surface area contributed by atoms with Gasteiger partial charge in [0, 0.05) is 19.3 Å². The summed E-state index contributed by atoms with van der Waals surface area (Å²) in [5.74, 6) is -0.0319. The molecule has 3 aliphatic rings. The van der Waals surface area contributed by atoms with Crippen LogP contribution in [0.2, 0.25) is 0 Å². The molecule has 1 saturated carbocycles. The van der Waals surface area contributed by atoms with Crippen molar-refractivity contribution in [3.05, 3.63) is 11.8 Å². The monoisotopic (exact) mass is 292 g/mol. The minimum absolute atomic E-state index is 0.0226. The number of hydrogen-bond acceptors (Lipinski definition) is 3. The molecule has 3 unspecified atom stereocenters. The van der Waals surface area contributed by atoms with Gasteiger partial charge in [0.05, 0.1) is 6.54 Å². The van der Waals surface area contributed by atoms with Crippen molar-refractivity contribution in [3.8, 4) is 0 Å². The second kappa shape index (κ2) is 5.79. The summed E-state index contributed by atoms with van der Waals surface area (Å²) in [6, 6.07) is -0.465. The van der Waals surface area contributed by atoms with Crippen LogP contribution >= 0.6 is 0 Å². The Morgan fingerprint density at radius 2 is 2.19 bits per heavy atom. The summed E-state index contributed by atoms with van der Waals surface area (Å²) in [4.78, 5) is 27.6. The van der Waals surface area contributed by atoms with Crippen LogP contribution in [0.15, 0.2) is 11.8 Å². The van der Waals surface area contributed by atoms with Gasteiger partial charge in [0.15, 0.2) is 0 Å². The first-order valence-corrected chi connectivity index (χ1v) is 8.00. The number of fused-ring (bicyclic) bond motifs is 1. The molecule has 1 amide bonds. The molecule has 2 aliphatic carbocycles. The van der Waals surface area contributed by atoms with Crippen LogP contribution in [-0.2, 0) is 9.59 Å². The molecule has 0 aromatic carbocycles. The minimum Gasteiger partial charge on any atom is -0.480 e. The second-order valence-electron chi connectivity index (χ2n) is 6.61. The maximum absolute atomic E-state index is 12.4. The summed E-state index contributed by atoms with van der Waals surface area (Å²) in [6.07, 6.45) is 8.46. The number of allylic oxidation sites excluding steroid dienone is 2. The van der Waals surface area contributed by atoms with Crippen LogP contribution in [0.5, 0.6) is 0 Å². The highest BCUT2D eigenvalue weighted by molar-refractivity contribution is 5.81. The van der Waals surface area contributed by atoms with Gasteiger partial charge in [-0.3, -0.25) is 14.5 Å². The molecule has 3 atom stereocenters. The van der Waals surface area contributed by atoms with Crippen LogP contribution in [0.25, 0.3) is 0 Å². The predicted octanol–water partition coefficient (Wildman–Crippen LogP) is 1.70. The molecule has 1 heterocycles. The standard InChI is InChI=1S/C16H24N2O3/c1-17(12-6-2-3-7-12)14(19)10-18-9-11-5-4-8-13(11)15(18)16(20)21/h6,11,13,15H,2-5,7-10H2,1H3,(H,20,21). The molecule has 0 radical (unpaired) electrons. The van der Waals surface area contributed by atoms with E-state index in [1.807, 2.05) is 11.9 Å². The van der Waals surface area contributed by atoms with Crippen molar-refractivity contribution < 1.29 is 14.7 Å². The molecule has 0 aromatic heterocycles. The molecule has 1 N–H and O–H groups in total. The maximum Gasteiger partial charge on any atom is 0.321 e. The van der Waals surface area contributed by atoms with E-state index in [0.717, 1.165) is 50.8 Å². The van der Waals surface area contributed by atoms with E-state index in [9.17, 15) is 14.7 Å². The fourth-order valence-electron chi connectivity index (χ4n) is 4.29. The normalized spacial score (nSPS) is 32.0. The molecule has 3 rings (SSSR count). The number of carbonyl (C=O) groups excluding carboxylic acids is 1. The fraction of sp³-hybridized carbons (Fsp3) is 0.750. The molecule has 5 heteroatoms. The zero-order valence-electron chi connectivity index (χ0n) is 12.6. The Morgan fingerprint density at radius 1 is 1.38 bits per heavy atom. The van der Waals surface area contributed by atoms with E-state index >= 15 is 0 Å². The van der Waals surface area contributed by atoms with Crippen molar-refractivity contribution in [2.45, 2.75) is 44.6 Å². The Kier molecular flexibility index (Phi) is 4.02. The summed E-state index contributed by atoms with van der Waals surface area (Å²) in [7, 11) is 1.81. The fourth-order valence-corrected chi connectivity index (χ4v) is 4.29. The highest BCUT2D eigenvalue weighted by Gasteiger charge is 2.48. The first kappa shape index (κ1) is 14.6. The van der Waals surface area contributed by atoms with Crippen LogP contribution in [0, 0.1) is 11.8 Å². The first-order chi connectivity index (χ1) is 10.1. The van der Waals surface area contributed by atoms with E-state index in [0.29, 0.717) is 5.92 Å². The van der Waals surface area contributed by atoms with E-state index in [2.05, 4.69) is 6.08 Å². The number of likely N-dealkylation sites (tertiary alicyclic amines) is 1. The highest BCUT2D eigenvalue weighted by atomic mass is 16.4. The van der Waals surface area contributed by atoms with Gasteiger partial charge < -0.3 is 10.0 Å². The van der Waals surface area contributed by atoms with Gasteiger partial charge in [-0.2, -0.15) is 0 Å². The number of carbonyl (C=O) groups is 2. The lowest BCUT2D eigenvalue weighted by atomic mass is 9.94. The Hall–Kier alpha value is -1.36. The zero-order chi connectivity index (χ0) is 15.0. The maximum atomic E-state index is 12.4. The van der Waals surface area contributed by atoms with E-state index < -0.39 is 12.0 Å². The summed E-state index contributed by atoms with van der Waals surface area (Å²) in [6.45, 7) is 0.998. The number of carboxylic acids is 1. The van der Waals surface area contributed by atoms with Crippen molar-refractivity contribution in [2.75, 3.05) is 20.1 Å².